The molecule has 28 heavy (non-hydrogen) atoms. The molecule has 0 saturated carbocycles. The summed E-state index contributed by atoms with van der Waals surface area (Å²) in [7, 11) is 1.83. The van der Waals surface area contributed by atoms with Gasteiger partial charge in [0.15, 0.2) is 17.2 Å². The Labute approximate surface area is 160 Å². The van der Waals surface area contributed by atoms with E-state index in [0.717, 1.165) is 5.69 Å². The minimum atomic E-state index is -0.323. The van der Waals surface area contributed by atoms with Crippen molar-refractivity contribution in [1.82, 2.24) is 14.6 Å². The number of imidazole rings is 1. The third-order valence-corrected chi connectivity index (χ3v) is 4.14. The van der Waals surface area contributed by atoms with Crippen molar-refractivity contribution in [3.63, 3.8) is 0 Å². The summed E-state index contributed by atoms with van der Waals surface area (Å²) in [5, 5.41) is 13.4. The molecule has 0 saturated heterocycles. The zero-order chi connectivity index (χ0) is 19.5. The zero-order valence-electron chi connectivity index (χ0n) is 15.0. The Hall–Kier alpha value is -3.94. The van der Waals surface area contributed by atoms with E-state index in [1.54, 1.807) is 24.3 Å². The summed E-state index contributed by atoms with van der Waals surface area (Å²) in [5.41, 5.74) is 3.14. The van der Waals surface area contributed by atoms with Crippen LogP contribution in [0.3, 0.4) is 0 Å². The Morgan fingerprint density at radius 3 is 2.32 bits per heavy atom. The number of carbonyl (C=O) groups excluding carboxylic acids is 1. The third kappa shape index (κ3) is 3.61. The molecule has 1 amide bonds. The first-order valence-electron chi connectivity index (χ1n) is 8.59. The smallest absolute Gasteiger partial charge is 0.276 e. The molecule has 8 heteroatoms. The molecule has 4 rings (SSSR count). The fraction of sp³-hybridized carbons (Fsp3) is 0.0500. The SMILES string of the molecule is CNc1ccc(NC(=O)c2cnc3ccc(Nc4ccc(F)cc4)nn23)cc1. The number of halogens is 1. The predicted octanol–water partition coefficient (Wildman–Crippen LogP) is 3.91. The number of fused-ring (bicyclic) bond motifs is 1. The normalized spacial score (nSPS) is 10.6. The van der Waals surface area contributed by atoms with Gasteiger partial charge in [-0.3, -0.25) is 4.79 Å². The van der Waals surface area contributed by atoms with Crippen molar-refractivity contribution < 1.29 is 9.18 Å². The highest BCUT2D eigenvalue weighted by Crippen LogP contribution is 2.17. The van der Waals surface area contributed by atoms with Gasteiger partial charge >= 0.3 is 0 Å². The fourth-order valence-electron chi connectivity index (χ4n) is 2.69. The number of hydrogen-bond donors (Lipinski definition) is 3. The molecule has 0 spiro atoms. The lowest BCUT2D eigenvalue weighted by atomic mass is 10.2. The van der Waals surface area contributed by atoms with Crippen molar-refractivity contribution in [2.45, 2.75) is 0 Å². The molecule has 0 radical (unpaired) electrons. The van der Waals surface area contributed by atoms with Gasteiger partial charge in [0.1, 0.15) is 5.82 Å². The molecule has 140 valence electrons. The van der Waals surface area contributed by atoms with Gasteiger partial charge in [0, 0.05) is 24.1 Å². The predicted molar refractivity (Wildman–Crippen MR) is 107 cm³/mol. The van der Waals surface area contributed by atoms with Crippen molar-refractivity contribution in [1.29, 1.82) is 0 Å². The van der Waals surface area contributed by atoms with Gasteiger partial charge in [-0.1, -0.05) is 0 Å². The van der Waals surface area contributed by atoms with Crippen molar-refractivity contribution in [2.24, 2.45) is 0 Å². The van der Waals surface area contributed by atoms with Gasteiger partial charge in [-0.05, 0) is 60.7 Å². The lowest BCUT2D eigenvalue weighted by Gasteiger charge is -2.08. The molecule has 0 fully saturated rings. The van der Waals surface area contributed by atoms with Crippen LogP contribution in [-0.2, 0) is 0 Å². The minimum Gasteiger partial charge on any atom is -0.388 e. The maximum atomic E-state index is 13.1. The second kappa shape index (κ2) is 7.36. The Bertz CT molecular complexity index is 1120. The maximum absolute atomic E-state index is 13.1. The van der Waals surface area contributed by atoms with Crippen LogP contribution in [0.5, 0.6) is 0 Å². The molecular formula is C20H17FN6O. The molecule has 0 bridgehead atoms. The van der Waals surface area contributed by atoms with E-state index < -0.39 is 0 Å². The molecule has 2 aromatic carbocycles. The van der Waals surface area contributed by atoms with E-state index in [1.165, 1.54) is 22.8 Å². The molecular weight excluding hydrogens is 359 g/mol. The summed E-state index contributed by atoms with van der Waals surface area (Å²) in [6.45, 7) is 0. The van der Waals surface area contributed by atoms with Gasteiger partial charge in [-0.15, -0.1) is 5.10 Å². The summed E-state index contributed by atoms with van der Waals surface area (Å²) in [4.78, 5) is 16.9. The van der Waals surface area contributed by atoms with Crippen LogP contribution in [0.25, 0.3) is 5.65 Å². The van der Waals surface area contributed by atoms with Crippen LogP contribution >= 0.6 is 0 Å². The topological polar surface area (TPSA) is 83.3 Å². The van der Waals surface area contributed by atoms with Crippen molar-refractivity contribution >= 4 is 34.4 Å². The first kappa shape index (κ1) is 17.5. The lowest BCUT2D eigenvalue weighted by Crippen LogP contribution is -2.15. The Morgan fingerprint density at radius 2 is 1.61 bits per heavy atom. The number of anilines is 4. The first-order valence-corrected chi connectivity index (χ1v) is 8.59. The van der Waals surface area contributed by atoms with E-state index in [4.69, 9.17) is 0 Å². The van der Waals surface area contributed by atoms with Crippen LogP contribution in [0.1, 0.15) is 10.5 Å². The number of hydrogen-bond acceptors (Lipinski definition) is 5. The Kier molecular flexibility index (Phi) is 4.59. The van der Waals surface area contributed by atoms with Crippen molar-refractivity contribution in [2.75, 3.05) is 23.0 Å². The molecule has 2 aromatic heterocycles. The van der Waals surface area contributed by atoms with E-state index in [0.29, 0.717) is 28.5 Å². The van der Waals surface area contributed by atoms with Gasteiger partial charge in [-0.25, -0.2) is 13.9 Å². The number of rotatable bonds is 5. The summed E-state index contributed by atoms with van der Waals surface area (Å²) in [5.74, 6) is -0.133. The van der Waals surface area contributed by atoms with E-state index >= 15 is 0 Å². The van der Waals surface area contributed by atoms with Gasteiger partial charge in [-0.2, -0.15) is 0 Å². The highest BCUT2D eigenvalue weighted by molar-refractivity contribution is 6.03. The fourth-order valence-corrected chi connectivity index (χ4v) is 2.69. The molecule has 4 aromatic rings. The Morgan fingerprint density at radius 1 is 0.929 bits per heavy atom. The lowest BCUT2D eigenvalue weighted by molar-refractivity contribution is 0.102. The second-order valence-electron chi connectivity index (χ2n) is 6.05. The number of carbonyl (C=O) groups is 1. The first-order chi connectivity index (χ1) is 13.6. The zero-order valence-corrected chi connectivity index (χ0v) is 15.0. The highest BCUT2D eigenvalue weighted by Gasteiger charge is 2.14. The van der Waals surface area contributed by atoms with Crippen LogP contribution in [0, 0.1) is 5.82 Å². The van der Waals surface area contributed by atoms with Gasteiger partial charge < -0.3 is 16.0 Å². The number of nitrogens with zero attached hydrogens (tertiary/aromatic N) is 3. The monoisotopic (exact) mass is 376 g/mol. The van der Waals surface area contributed by atoms with E-state index in [1.807, 2.05) is 31.3 Å². The van der Waals surface area contributed by atoms with E-state index in [2.05, 4.69) is 26.0 Å². The standard InChI is InChI=1S/C20H17FN6O/c1-22-14-6-8-16(9-7-14)25-20(28)17-12-23-19-11-10-18(26-27(17)19)24-15-4-2-13(21)3-5-15/h2-12,22H,1H3,(H,24,26)(H,25,28). The van der Waals surface area contributed by atoms with Crippen LogP contribution in [-0.4, -0.2) is 27.6 Å². The second-order valence-corrected chi connectivity index (χ2v) is 6.05. The molecule has 0 aliphatic carbocycles. The average molecular weight is 376 g/mol. The minimum absolute atomic E-state index is 0.301. The summed E-state index contributed by atoms with van der Waals surface area (Å²) >= 11 is 0. The number of amides is 1. The highest BCUT2D eigenvalue weighted by atomic mass is 19.1. The molecule has 7 nitrogen and oxygen atoms in total. The van der Waals surface area contributed by atoms with Gasteiger partial charge in [0.25, 0.3) is 5.91 Å². The number of benzene rings is 2. The summed E-state index contributed by atoms with van der Waals surface area (Å²) in [6, 6.07) is 16.8. The maximum Gasteiger partial charge on any atom is 0.276 e. The van der Waals surface area contributed by atoms with Crippen LogP contribution < -0.4 is 16.0 Å². The molecule has 3 N–H and O–H groups in total. The number of nitrogens with one attached hydrogen (secondary N) is 3. The molecule has 0 aliphatic rings. The summed E-state index contributed by atoms with van der Waals surface area (Å²) < 4.78 is 14.5. The van der Waals surface area contributed by atoms with Crippen LogP contribution in [0.2, 0.25) is 0 Å². The van der Waals surface area contributed by atoms with Crippen LogP contribution in [0.4, 0.5) is 27.3 Å². The van der Waals surface area contributed by atoms with E-state index in [9.17, 15) is 9.18 Å². The molecule has 0 atom stereocenters. The Balaban J connectivity index is 1.58. The van der Waals surface area contributed by atoms with Crippen LogP contribution in [0.15, 0.2) is 66.9 Å². The van der Waals surface area contributed by atoms with E-state index in [-0.39, 0.29) is 11.7 Å². The summed E-state index contributed by atoms with van der Waals surface area (Å²) in [6.07, 6.45) is 1.47. The largest absolute Gasteiger partial charge is 0.388 e. The average Bonchev–Trinajstić information content (AvgIpc) is 3.14. The number of aromatic nitrogens is 3. The molecule has 0 aliphatic heterocycles. The van der Waals surface area contributed by atoms with Gasteiger partial charge in [0.2, 0.25) is 0 Å². The molecule has 0 unspecified atom stereocenters. The molecule has 2 heterocycles. The van der Waals surface area contributed by atoms with Crippen molar-refractivity contribution in [3.8, 4) is 0 Å². The van der Waals surface area contributed by atoms with Crippen molar-refractivity contribution in [3.05, 3.63) is 78.4 Å². The van der Waals surface area contributed by atoms with Gasteiger partial charge in [0.05, 0.1) is 6.20 Å². The quantitative estimate of drug-likeness (QED) is 0.492. The third-order valence-electron chi connectivity index (χ3n) is 4.14.